The van der Waals surface area contributed by atoms with Crippen molar-refractivity contribution in [1.82, 2.24) is 19.6 Å². The second-order valence-electron chi connectivity index (χ2n) is 9.56. The maximum atomic E-state index is 13.9. The lowest BCUT2D eigenvalue weighted by atomic mass is 9.93. The molecule has 0 unspecified atom stereocenters. The number of anilines is 1. The van der Waals surface area contributed by atoms with Gasteiger partial charge in [0.1, 0.15) is 11.5 Å². The van der Waals surface area contributed by atoms with E-state index in [2.05, 4.69) is 15.2 Å². The number of carbonyl (C=O) groups is 2. The molecule has 2 amide bonds. The molecule has 0 spiro atoms. The smallest absolute Gasteiger partial charge is 0.497 e. The van der Waals surface area contributed by atoms with Crippen molar-refractivity contribution in [3.05, 3.63) is 76.2 Å². The van der Waals surface area contributed by atoms with E-state index < -0.39 is 35.4 Å². The Morgan fingerprint density at radius 1 is 1.02 bits per heavy atom. The van der Waals surface area contributed by atoms with Crippen molar-refractivity contribution in [2.75, 3.05) is 12.8 Å². The third kappa shape index (κ3) is 4.34. The summed E-state index contributed by atoms with van der Waals surface area (Å²) in [5.74, 6) is -0.672. The van der Waals surface area contributed by atoms with Gasteiger partial charge in [-0.05, 0) is 48.9 Å². The van der Waals surface area contributed by atoms with Crippen molar-refractivity contribution in [2.24, 2.45) is 0 Å². The van der Waals surface area contributed by atoms with Gasteiger partial charge in [0.05, 0.1) is 30.1 Å². The number of hydrogen-bond donors (Lipinski definition) is 2. The standard InChI is InChI=1S/C27H20F3N5O7/c1-26(23(36)32-24(37)41-26)14-3-7-18(31)13(9-14)12-34-20-10-16(40-27(28,29)30)5-8-19(20)35(25(34)38)22-17-6-4-15(39-2)11-21(17)42-33-22/h3-11H,12,31H2,1-2H3,(H,32,36,37)/t26-/m1/s1. The zero-order valence-corrected chi connectivity index (χ0v) is 21.8. The van der Waals surface area contributed by atoms with Gasteiger partial charge >= 0.3 is 18.1 Å². The van der Waals surface area contributed by atoms with Crippen LogP contribution in [0.15, 0.2) is 63.9 Å². The molecule has 0 bridgehead atoms. The van der Waals surface area contributed by atoms with Gasteiger partial charge in [-0.2, -0.15) is 0 Å². The zero-order valence-electron chi connectivity index (χ0n) is 21.8. The molecule has 0 aliphatic carbocycles. The highest BCUT2D eigenvalue weighted by molar-refractivity contribution is 6.03. The largest absolute Gasteiger partial charge is 0.573 e. The molecule has 6 rings (SSSR count). The molecule has 0 radical (unpaired) electrons. The SMILES string of the molecule is COc1ccc2c(-n3c(=O)n(Cc4cc([C@@]5(C)OC(=O)NC5=O)ccc4N)c4cc(OC(F)(F)F)ccc43)noc2c1. The topological polar surface area (TPSA) is 153 Å². The van der Waals surface area contributed by atoms with Gasteiger partial charge in [0.25, 0.3) is 5.91 Å². The van der Waals surface area contributed by atoms with Gasteiger partial charge < -0.3 is 24.5 Å². The molecule has 1 fully saturated rings. The lowest BCUT2D eigenvalue weighted by Gasteiger charge is -2.21. The summed E-state index contributed by atoms with van der Waals surface area (Å²) in [7, 11) is 1.47. The third-order valence-electron chi connectivity index (χ3n) is 6.97. The summed E-state index contributed by atoms with van der Waals surface area (Å²) < 4.78 is 61.5. The number of alkyl halides is 3. The highest BCUT2D eigenvalue weighted by Crippen LogP contribution is 2.34. The molecule has 0 saturated carbocycles. The second-order valence-corrected chi connectivity index (χ2v) is 9.56. The number of fused-ring (bicyclic) bond motifs is 2. The fourth-order valence-corrected chi connectivity index (χ4v) is 4.85. The number of ether oxygens (including phenoxy) is 3. The number of alkyl carbamates (subject to hydrolysis) is 1. The summed E-state index contributed by atoms with van der Waals surface area (Å²) in [5, 5.41) is 6.56. The molecule has 3 heterocycles. The molecule has 1 saturated heterocycles. The van der Waals surface area contributed by atoms with Crippen molar-refractivity contribution in [3.8, 4) is 17.3 Å². The van der Waals surface area contributed by atoms with Crippen LogP contribution in [0.25, 0.3) is 27.8 Å². The normalized spacial score (nSPS) is 17.1. The Hall–Kier alpha value is -5.47. The predicted molar refractivity (Wildman–Crippen MR) is 140 cm³/mol. The molecule has 12 nitrogen and oxygen atoms in total. The Bertz CT molecular complexity index is 1980. The fourth-order valence-electron chi connectivity index (χ4n) is 4.85. The van der Waals surface area contributed by atoms with Crippen LogP contribution in [0.3, 0.4) is 0 Å². The van der Waals surface area contributed by atoms with Crippen LogP contribution in [0.1, 0.15) is 18.1 Å². The maximum absolute atomic E-state index is 13.9. The minimum absolute atomic E-state index is 0.0625. The van der Waals surface area contributed by atoms with Gasteiger partial charge in [-0.1, -0.05) is 11.2 Å². The highest BCUT2D eigenvalue weighted by Gasteiger charge is 2.46. The molecule has 216 valence electrons. The number of aromatic nitrogens is 3. The summed E-state index contributed by atoms with van der Waals surface area (Å²) in [6.45, 7) is 1.15. The number of halogens is 3. The lowest BCUT2D eigenvalue weighted by molar-refractivity contribution is -0.274. The lowest BCUT2D eigenvalue weighted by Crippen LogP contribution is -2.33. The Kier molecular flexibility index (Phi) is 5.91. The number of rotatable bonds is 6. The number of nitrogen functional groups attached to an aromatic ring is 1. The van der Waals surface area contributed by atoms with Crippen LogP contribution >= 0.6 is 0 Å². The van der Waals surface area contributed by atoms with E-state index in [0.717, 1.165) is 12.1 Å². The minimum Gasteiger partial charge on any atom is -0.497 e. The Morgan fingerprint density at radius 3 is 2.48 bits per heavy atom. The van der Waals surface area contributed by atoms with Crippen LogP contribution in [0.2, 0.25) is 0 Å². The molecule has 3 aromatic carbocycles. The first-order valence-electron chi connectivity index (χ1n) is 12.3. The summed E-state index contributed by atoms with van der Waals surface area (Å²) in [6, 6.07) is 12.7. The van der Waals surface area contributed by atoms with Crippen molar-refractivity contribution >= 4 is 39.7 Å². The van der Waals surface area contributed by atoms with Crippen LogP contribution < -0.4 is 26.2 Å². The third-order valence-corrected chi connectivity index (χ3v) is 6.97. The molecule has 1 aliphatic rings. The average molecular weight is 583 g/mol. The first-order valence-corrected chi connectivity index (χ1v) is 12.3. The van der Waals surface area contributed by atoms with Gasteiger partial charge in [0.15, 0.2) is 11.4 Å². The first-order chi connectivity index (χ1) is 19.9. The van der Waals surface area contributed by atoms with Gasteiger partial charge in [-0.15, -0.1) is 13.2 Å². The average Bonchev–Trinajstić information content (AvgIpc) is 3.54. The van der Waals surface area contributed by atoms with Crippen molar-refractivity contribution < 1.29 is 41.5 Å². The number of cyclic esters (lactones) is 1. The van der Waals surface area contributed by atoms with Crippen LogP contribution in [-0.4, -0.2) is 39.8 Å². The highest BCUT2D eigenvalue weighted by atomic mass is 19.4. The molecule has 1 atom stereocenters. The number of nitrogens with two attached hydrogens (primary N) is 1. The number of benzene rings is 3. The molecule has 2 aromatic heterocycles. The van der Waals surface area contributed by atoms with Crippen molar-refractivity contribution in [3.63, 3.8) is 0 Å². The van der Waals surface area contributed by atoms with Crippen molar-refractivity contribution in [2.45, 2.75) is 25.4 Å². The van der Waals surface area contributed by atoms with E-state index in [0.29, 0.717) is 22.3 Å². The number of hydrogen-bond acceptors (Lipinski definition) is 9. The maximum Gasteiger partial charge on any atom is 0.573 e. The number of nitrogens with one attached hydrogen (secondary N) is 1. The molecule has 1 aliphatic heterocycles. The second kappa shape index (κ2) is 9.29. The van der Waals surface area contributed by atoms with E-state index in [4.69, 9.17) is 19.7 Å². The van der Waals surface area contributed by atoms with Crippen LogP contribution in [0.5, 0.6) is 11.5 Å². The number of amides is 2. The summed E-state index contributed by atoms with van der Waals surface area (Å²) in [5.41, 5.74) is 5.24. The van der Waals surface area contributed by atoms with E-state index in [1.807, 2.05) is 0 Å². The van der Waals surface area contributed by atoms with E-state index >= 15 is 0 Å². The van der Waals surface area contributed by atoms with E-state index in [-0.39, 0.29) is 34.6 Å². The van der Waals surface area contributed by atoms with Crippen LogP contribution in [0, 0.1) is 0 Å². The van der Waals surface area contributed by atoms with Gasteiger partial charge in [0.2, 0.25) is 5.60 Å². The summed E-state index contributed by atoms with van der Waals surface area (Å²) in [6.07, 6.45) is -5.90. The van der Waals surface area contributed by atoms with E-state index in [9.17, 15) is 27.6 Å². The number of imidazole rings is 1. The van der Waals surface area contributed by atoms with Crippen LogP contribution in [-0.2, 0) is 21.7 Å². The molecule has 3 N–H and O–H groups in total. The fraction of sp³-hybridized carbons (Fsp3) is 0.185. The molecular formula is C27H20F3N5O7. The Morgan fingerprint density at radius 2 is 1.79 bits per heavy atom. The Labute approximate surface area is 232 Å². The van der Waals surface area contributed by atoms with Crippen LogP contribution in [0.4, 0.5) is 23.7 Å². The first kappa shape index (κ1) is 26.7. The molecule has 5 aromatic rings. The Balaban J connectivity index is 1.53. The van der Waals surface area contributed by atoms with Gasteiger partial charge in [-0.3, -0.25) is 14.7 Å². The summed E-state index contributed by atoms with van der Waals surface area (Å²) in [4.78, 5) is 38.1. The van der Waals surface area contributed by atoms with Crippen molar-refractivity contribution in [1.29, 1.82) is 0 Å². The van der Waals surface area contributed by atoms with E-state index in [1.54, 1.807) is 18.2 Å². The number of imide groups is 1. The predicted octanol–water partition coefficient (Wildman–Crippen LogP) is 3.95. The zero-order chi connectivity index (χ0) is 30.0. The minimum atomic E-state index is -4.98. The molecule has 42 heavy (non-hydrogen) atoms. The number of methoxy groups -OCH3 is 1. The van der Waals surface area contributed by atoms with Gasteiger partial charge in [0, 0.05) is 23.4 Å². The molecular weight excluding hydrogens is 563 g/mol. The molecule has 15 heteroatoms. The van der Waals surface area contributed by atoms with E-state index in [1.165, 1.54) is 47.4 Å². The summed E-state index contributed by atoms with van der Waals surface area (Å²) >= 11 is 0. The van der Waals surface area contributed by atoms with Gasteiger partial charge in [-0.25, -0.2) is 14.2 Å². The quantitative estimate of drug-likeness (QED) is 0.283. The number of carbonyl (C=O) groups excluding carboxylic acids is 2. The number of nitrogens with zero attached hydrogens (tertiary/aromatic N) is 3. The monoisotopic (exact) mass is 583 g/mol.